The number of hydrogen-bond donors (Lipinski definition) is 1. The van der Waals surface area contributed by atoms with E-state index < -0.39 is 0 Å². The first-order valence-electron chi connectivity index (χ1n) is 8.30. The standard InChI is InChI=1S/C16H28N2O.ClH/c17-15-9-8-13-10-18(11-14(13)15)16(19)12-6-4-2-1-3-5-7-12;/h12-15H,1-11,17H2;1H. The predicted octanol–water partition coefficient (Wildman–Crippen LogP) is 2.96. The molecule has 1 saturated heterocycles. The summed E-state index contributed by atoms with van der Waals surface area (Å²) < 4.78 is 0. The fraction of sp³-hybridized carbons (Fsp3) is 0.938. The maximum Gasteiger partial charge on any atom is 0.225 e. The molecular weight excluding hydrogens is 272 g/mol. The minimum Gasteiger partial charge on any atom is -0.342 e. The number of rotatable bonds is 1. The normalized spacial score (nSPS) is 35.0. The summed E-state index contributed by atoms with van der Waals surface area (Å²) in [7, 11) is 0. The molecule has 2 aliphatic carbocycles. The third-order valence-electron chi connectivity index (χ3n) is 5.68. The Morgan fingerprint density at radius 3 is 2.20 bits per heavy atom. The van der Waals surface area contributed by atoms with Crippen LogP contribution in [0.2, 0.25) is 0 Å². The van der Waals surface area contributed by atoms with E-state index in [1.807, 2.05) is 0 Å². The minimum absolute atomic E-state index is 0. The molecule has 1 heterocycles. The molecule has 20 heavy (non-hydrogen) atoms. The molecule has 2 saturated carbocycles. The van der Waals surface area contributed by atoms with Gasteiger partial charge in [-0.15, -0.1) is 12.4 Å². The zero-order chi connectivity index (χ0) is 13.2. The SMILES string of the molecule is Cl.NC1CCC2CN(C(=O)C3CCCCCCC3)CC12. The number of carbonyl (C=O) groups is 1. The van der Waals surface area contributed by atoms with E-state index in [0.717, 1.165) is 25.9 Å². The van der Waals surface area contributed by atoms with Gasteiger partial charge in [-0.3, -0.25) is 4.79 Å². The lowest BCUT2D eigenvalue weighted by Gasteiger charge is -2.26. The van der Waals surface area contributed by atoms with Gasteiger partial charge in [-0.1, -0.05) is 32.1 Å². The van der Waals surface area contributed by atoms with Crippen molar-refractivity contribution in [3.05, 3.63) is 0 Å². The summed E-state index contributed by atoms with van der Waals surface area (Å²) in [5.41, 5.74) is 6.17. The summed E-state index contributed by atoms with van der Waals surface area (Å²) in [5, 5.41) is 0. The number of nitrogens with zero attached hydrogens (tertiary/aromatic N) is 1. The molecule has 3 aliphatic rings. The minimum atomic E-state index is 0. The van der Waals surface area contributed by atoms with Crippen LogP contribution in [-0.4, -0.2) is 29.9 Å². The van der Waals surface area contributed by atoms with Crippen molar-refractivity contribution in [3.8, 4) is 0 Å². The molecule has 1 aliphatic heterocycles. The lowest BCUT2D eigenvalue weighted by atomic mass is 9.90. The van der Waals surface area contributed by atoms with Crippen molar-refractivity contribution in [1.82, 2.24) is 4.90 Å². The third kappa shape index (κ3) is 3.30. The number of fused-ring (bicyclic) bond motifs is 1. The lowest BCUT2D eigenvalue weighted by molar-refractivity contribution is -0.135. The van der Waals surface area contributed by atoms with E-state index in [1.165, 1.54) is 44.9 Å². The highest BCUT2D eigenvalue weighted by molar-refractivity contribution is 5.85. The summed E-state index contributed by atoms with van der Waals surface area (Å²) in [4.78, 5) is 14.8. The van der Waals surface area contributed by atoms with Crippen LogP contribution in [-0.2, 0) is 4.79 Å². The number of carbonyl (C=O) groups excluding carboxylic acids is 1. The van der Waals surface area contributed by atoms with Crippen LogP contribution < -0.4 is 5.73 Å². The van der Waals surface area contributed by atoms with Gasteiger partial charge in [0, 0.05) is 25.0 Å². The summed E-state index contributed by atoms with van der Waals surface area (Å²) in [5.74, 6) is 2.06. The maximum atomic E-state index is 12.7. The highest BCUT2D eigenvalue weighted by Gasteiger charge is 2.43. The second kappa shape index (κ2) is 7.13. The molecule has 0 spiro atoms. The van der Waals surface area contributed by atoms with E-state index in [2.05, 4.69) is 4.90 Å². The molecule has 0 aromatic carbocycles. The lowest BCUT2D eigenvalue weighted by Crippen LogP contribution is -2.37. The van der Waals surface area contributed by atoms with Gasteiger partial charge in [-0.05, 0) is 37.5 Å². The molecule has 116 valence electrons. The Kier molecular flexibility index (Phi) is 5.74. The second-order valence-electron chi connectivity index (χ2n) is 6.95. The van der Waals surface area contributed by atoms with Crippen LogP contribution in [0.4, 0.5) is 0 Å². The first-order chi connectivity index (χ1) is 9.25. The smallest absolute Gasteiger partial charge is 0.225 e. The molecule has 0 aromatic heterocycles. The number of hydrogen-bond acceptors (Lipinski definition) is 2. The summed E-state index contributed by atoms with van der Waals surface area (Å²) >= 11 is 0. The van der Waals surface area contributed by atoms with Crippen molar-refractivity contribution in [2.75, 3.05) is 13.1 Å². The van der Waals surface area contributed by atoms with Crippen LogP contribution in [0.15, 0.2) is 0 Å². The molecule has 0 aromatic rings. The monoisotopic (exact) mass is 300 g/mol. The molecule has 3 atom stereocenters. The summed E-state index contributed by atoms with van der Waals surface area (Å²) in [6.45, 7) is 1.94. The number of nitrogens with two attached hydrogens (primary N) is 1. The van der Waals surface area contributed by atoms with Gasteiger partial charge < -0.3 is 10.6 Å². The Morgan fingerprint density at radius 2 is 1.55 bits per heavy atom. The van der Waals surface area contributed by atoms with Crippen LogP contribution in [0, 0.1) is 17.8 Å². The first kappa shape index (κ1) is 16.1. The number of amides is 1. The summed E-state index contributed by atoms with van der Waals surface area (Å²) in [6, 6.07) is 0.347. The summed E-state index contributed by atoms with van der Waals surface area (Å²) in [6.07, 6.45) is 11.1. The molecular formula is C16H29ClN2O. The van der Waals surface area contributed by atoms with Crippen molar-refractivity contribution < 1.29 is 4.79 Å². The average molecular weight is 301 g/mol. The van der Waals surface area contributed by atoms with Gasteiger partial charge in [0.1, 0.15) is 0 Å². The Morgan fingerprint density at radius 1 is 0.900 bits per heavy atom. The van der Waals surface area contributed by atoms with E-state index in [-0.39, 0.29) is 12.4 Å². The molecule has 2 N–H and O–H groups in total. The Labute approximate surface area is 129 Å². The van der Waals surface area contributed by atoms with Crippen LogP contribution in [0.3, 0.4) is 0 Å². The second-order valence-corrected chi connectivity index (χ2v) is 6.95. The topological polar surface area (TPSA) is 46.3 Å². The van der Waals surface area contributed by atoms with Crippen molar-refractivity contribution in [2.24, 2.45) is 23.5 Å². The Balaban J connectivity index is 0.00000147. The van der Waals surface area contributed by atoms with Crippen molar-refractivity contribution >= 4 is 18.3 Å². The van der Waals surface area contributed by atoms with Gasteiger partial charge >= 0.3 is 0 Å². The molecule has 0 radical (unpaired) electrons. The van der Waals surface area contributed by atoms with Crippen LogP contribution in [0.25, 0.3) is 0 Å². The van der Waals surface area contributed by atoms with E-state index >= 15 is 0 Å². The van der Waals surface area contributed by atoms with Crippen LogP contribution in [0.5, 0.6) is 0 Å². The largest absolute Gasteiger partial charge is 0.342 e. The van der Waals surface area contributed by atoms with Crippen LogP contribution >= 0.6 is 12.4 Å². The van der Waals surface area contributed by atoms with Crippen molar-refractivity contribution in [1.29, 1.82) is 0 Å². The zero-order valence-electron chi connectivity index (χ0n) is 12.4. The van der Waals surface area contributed by atoms with Gasteiger partial charge in [0.25, 0.3) is 0 Å². The zero-order valence-corrected chi connectivity index (χ0v) is 13.2. The maximum absolute atomic E-state index is 12.7. The van der Waals surface area contributed by atoms with Crippen molar-refractivity contribution in [2.45, 2.75) is 63.8 Å². The number of likely N-dealkylation sites (tertiary alicyclic amines) is 1. The fourth-order valence-electron chi connectivity index (χ4n) is 4.45. The van der Waals surface area contributed by atoms with Gasteiger partial charge in [-0.2, -0.15) is 0 Å². The molecule has 4 heteroatoms. The molecule has 3 fully saturated rings. The fourth-order valence-corrected chi connectivity index (χ4v) is 4.45. The van der Waals surface area contributed by atoms with E-state index in [4.69, 9.17) is 5.73 Å². The van der Waals surface area contributed by atoms with Crippen molar-refractivity contribution in [3.63, 3.8) is 0 Å². The predicted molar refractivity (Wildman–Crippen MR) is 83.8 cm³/mol. The van der Waals surface area contributed by atoms with Gasteiger partial charge in [0.05, 0.1) is 0 Å². The van der Waals surface area contributed by atoms with E-state index in [9.17, 15) is 4.79 Å². The van der Waals surface area contributed by atoms with Gasteiger partial charge in [-0.25, -0.2) is 0 Å². The highest BCUT2D eigenvalue weighted by Crippen LogP contribution is 2.38. The Hall–Kier alpha value is -0.280. The number of halogens is 1. The third-order valence-corrected chi connectivity index (χ3v) is 5.68. The molecule has 3 unspecified atom stereocenters. The molecule has 1 amide bonds. The molecule has 0 bridgehead atoms. The van der Waals surface area contributed by atoms with Gasteiger partial charge in [0.2, 0.25) is 5.91 Å². The highest BCUT2D eigenvalue weighted by atomic mass is 35.5. The molecule has 3 nitrogen and oxygen atoms in total. The van der Waals surface area contributed by atoms with E-state index in [0.29, 0.717) is 29.7 Å². The van der Waals surface area contributed by atoms with E-state index in [1.54, 1.807) is 0 Å². The van der Waals surface area contributed by atoms with Gasteiger partial charge in [0.15, 0.2) is 0 Å². The quantitative estimate of drug-likeness (QED) is 0.809. The molecule has 3 rings (SSSR count). The Bertz CT molecular complexity index is 328. The van der Waals surface area contributed by atoms with Crippen LogP contribution in [0.1, 0.15) is 57.8 Å². The first-order valence-corrected chi connectivity index (χ1v) is 8.30. The average Bonchev–Trinajstić information content (AvgIpc) is 2.91.